The molecule has 0 spiro atoms. The molecule has 4 rings (SSSR count). The number of carbonyl (C=O) groups excluding carboxylic acids is 1. The Hall–Kier alpha value is -3.04. The fourth-order valence-corrected chi connectivity index (χ4v) is 5.08. The van der Waals surface area contributed by atoms with Gasteiger partial charge in [0.15, 0.2) is 10.3 Å². The number of benzene rings is 2. The molecule has 1 N–H and O–H groups in total. The summed E-state index contributed by atoms with van der Waals surface area (Å²) in [5, 5.41) is 6.21. The van der Waals surface area contributed by atoms with E-state index >= 15 is 0 Å². The molecule has 2 aromatic heterocycles. The van der Waals surface area contributed by atoms with Crippen molar-refractivity contribution in [2.45, 2.75) is 44.3 Å². The van der Waals surface area contributed by atoms with Gasteiger partial charge in [-0.2, -0.15) is 0 Å². The number of hydrogen-bond donors (Lipinski definition) is 1. The second-order valence-electron chi connectivity index (χ2n) is 7.81. The van der Waals surface area contributed by atoms with Crippen molar-refractivity contribution in [2.24, 2.45) is 0 Å². The van der Waals surface area contributed by atoms with E-state index in [4.69, 9.17) is 0 Å². The minimum atomic E-state index is -0.310. The Morgan fingerprint density at radius 1 is 1.09 bits per heavy atom. The number of carbonyl (C=O) groups is 1. The van der Waals surface area contributed by atoms with Gasteiger partial charge in [0.1, 0.15) is 5.82 Å². The van der Waals surface area contributed by atoms with Crippen molar-refractivity contribution in [1.82, 2.24) is 14.5 Å². The summed E-state index contributed by atoms with van der Waals surface area (Å²) in [5.41, 5.74) is 2.00. The molecular weight excluding hydrogens is 471 g/mol. The van der Waals surface area contributed by atoms with Crippen molar-refractivity contribution >= 4 is 45.0 Å². The van der Waals surface area contributed by atoms with E-state index < -0.39 is 0 Å². The van der Waals surface area contributed by atoms with Gasteiger partial charge in [-0.15, -0.1) is 11.3 Å². The van der Waals surface area contributed by atoms with Crippen LogP contribution in [0.15, 0.2) is 63.9 Å². The van der Waals surface area contributed by atoms with E-state index in [2.05, 4.69) is 22.2 Å². The molecular formula is C25H25FN4O2S2. The lowest BCUT2D eigenvalue weighted by Crippen LogP contribution is -2.24. The second-order valence-corrected chi connectivity index (χ2v) is 9.61. The largest absolute Gasteiger partial charge is 0.301 e. The van der Waals surface area contributed by atoms with Crippen LogP contribution in [0.5, 0.6) is 0 Å². The maximum atomic E-state index is 13.1. The highest BCUT2D eigenvalue weighted by Gasteiger charge is 2.14. The number of aromatic nitrogens is 3. The number of thioether (sulfide) groups is 1. The van der Waals surface area contributed by atoms with Gasteiger partial charge >= 0.3 is 0 Å². The lowest BCUT2D eigenvalue weighted by Gasteiger charge is -2.13. The lowest BCUT2D eigenvalue weighted by molar-refractivity contribution is -0.113. The van der Waals surface area contributed by atoms with E-state index in [1.165, 1.54) is 35.2 Å². The van der Waals surface area contributed by atoms with Crippen LogP contribution in [0, 0.1) is 5.82 Å². The molecule has 0 aliphatic rings. The standard InChI is InChI=1S/C25H25FN4O2S2/c1-2-3-4-7-14-30-23(32)19-8-5-6-9-20(19)28-25(30)34-16-22(31)29-24-27-21(15-33-24)17-10-12-18(26)13-11-17/h5-6,8-13,15H,2-4,7,14,16H2,1H3,(H,27,29,31). The Balaban J connectivity index is 1.45. The van der Waals surface area contributed by atoms with E-state index in [1.54, 1.807) is 22.8 Å². The van der Waals surface area contributed by atoms with Crippen LogP contribution in [0.4, 0.5) is 9.52 Å². The van der Waals surface area contributed by atoms with Crippen LogP contribution in [-0.4, -0.2) is 26.2 Å². The van der Waals surface area contributed by atoms with Gasteiger partial charge in [-0.3, -0.25) is 14.2 Å². The molecule has 0 saturated heterocycles. The van der Waals surface area contributed by atoms with E-state index in [1.807, 2.05) is 23.6 Å². The number of anilines is 1. The number of fused-ring (bicyclic) bond motifs is 1. The van der Waals surface area contributed by atoms with E-state index in [0.29, 0.717) is 33.4 Å². The fourth-order valence-electron chi connectivity index (χ4n) is 3.52. The highest BCUT2D eigenvalue weighted by Crippen LogP contribution is 2.25. The smallest absolute Gasteiger partial charge is 0.262 e. The Labute approximate surface area is 205 Å². The second kappa shape index (κ2) is 11.4. The van der Waals surface area contributed by atoms with Crippen molar-refractivity contribution in [3.05, 3.63) is 70.1 Å². The summed E-state index contributed by atoms with van der Waals surface area (Å²) < 4.78 is 14.8. The Morgan fingerprint density at radius 3 is 2.68 bits per heavy atom. The zero-order chi connectivity index (χ0) is 23.9. The van der Waals surface area contributed by atoms with Gasteiger partial charge < -0.3 is 5.32 Å². The van der Waals surface area contributed by atoms with Crippen molar-refractivity contribution in [3.63, 3.8) is 0 Å². The zero-order valence-corrected chi connectivity index (χ0v) is 20.4. The van der Waals surface area contributed by atoms with Gasteiger partial charge in [0.25, 0.3) is 5.56 Å². The number of rotatable bonds is 10. The normalized spacial score (nSPS) is 11.1. The van der Waals surface area contributed by atoms with Crippen molar-refractivity contribution in [2.75, 3.05) is 11.1 Å². The molecule has 0 aliphatic heterocycles. The number of amides is 1. The van der Waals surface area contributed by atoms with Crippen LogP contribution in [0.1, 0.15) is 32.6 Å². The molecule has 0 fully saturated rings. The van der Waals surface area contributed by atoms with E-state index in [-0.39, 0.29) is 23.0 Å². The van der Waals surface area contributed by atoms with Crippen LogP contribution in [-0.2, 0) is 11.3 Å². The minimum Gasteiger partial charge on any atom is -0.301 e. The fraction of sp³-hybridized carbons (Fsp3) is 0.280. The average molecular weight is 497 g/mol. The van der Waals surface area contributed by atoms with Gasteiger partial charge in [-0.1, -0.05) is 50.1 Å². The predicted octanol–water partition coefficient (Wildman–Crippen LogP) is 5.97. The summed E-state index contributed by atoms with van der Waals surface area (Å²) >= 11 is 2.55. The first-order valence-electron chi connectivity index (χ1n) is 11.2. The third-order valence-corrected chi connectivity index (χ3v) is 7.02. The molecule has 0 saturated carbocycles. The minimum absolute atomic E-state index is 0.0751. The van der Waals surface area contributed by atoms with Gasteiger partial charge in [-0.05, 0) is 42.8 Å². The number of unbranched alkanes of at least 4 members (excludes halogenated alkanes) is 3. The summed E-state index contributed by atoms with van der Waals surface area (Å²) in [6.45, 7) is 2.73. The van der Waals surface area contributed by atoms with E-state index in [0.717, 1.165) is 31.2 Å². The summed E-state index contributed by atoms with van der Waals surface area (Å²) in [7, 11) is 0. The molecule has 2 aromatic carbocycles. The molecule has 176 valence electrons. The quantitative estimate of drug-likeness (QED) is 0.166. The van der Waals surface area contributed by atoms with Crippen LogP contribution >= 0.6 is 23.1 Å². The summed E-state index contributed by atoms with van der Waals surface area (Å²) in [4.78, 5) is 34.8. The Bertz CT molecular complexity index is 1340. The first-order chi connectivity index (χ1) is 16.5. The molecule has 0 radical (unpaired) electrons. The number of halogens is 1. The van der Waals surface area contributed by atoms with Gasteiger partial charge in [0, 0.05) is 17.5 Å². The zero-order valence-electron chi connectivity index (χ0n) is 18.8. The molecule has 0 atom stereocenters. The molecule has 4 aromatic rings. The van der Waals surface area contributed by atoms with E-state index in [9.17, 15) is 14.0 Å². The molecule has 2 heterocycles. The SMILES string of the molecule is CCCCCCn1c(SCC(=O)Nc2nc(-c3ccc(F)cc3)cs2)nc2ccccc2c1=O. The molecule has 1 amide bonds. The Kier molecular flexibility index (Phi) is 8.08. The van der Waals surface area contributed by atoms with Gasteiger partial charge in [0.2, 0.25) is 5.91 Å². The van der Waals surface area contributed by atoms with Crippen LogP contribution in [0.25, 0.3) is 22.2 Å². The average Bonchev–Trinajstić information content (AvgIpc) is 3.30. The molecule has 0 aliphatic carbocycles. The third kappa shape index (κ3) is 5.90. The number of nitrogens with one attached hydrogen (secondary N) is 1. The number of thiazole rings is 1. The molecule has 0 bridgehead atoms. The van der Waals surface area contributed by atoms with Gasteiger partial charge in [-0.25, -0.2) is 14.4 Å². The van der Waals surface area contributed by atoms with Crippen molar-refractivity contribution < 1.29 is 9.18 Å². The maximum Gasteiger partial charge on any atom is 0.262 e. The molecule has 0 unspecified atom stereocenters. The predicted molar refractivity (Wildman–Crippen MR) is 137 cm³/mol. The molecule has 34 heavy (non-hydrogen) atoms. The van der Waals surface area contributed by atoms with Crippen molar-refractivity contribution in [1.29, 1.82) is 0 Å². The highest BCUT2D eigenvalue weighted by molar-refractivity contribution is 7.99. The number of hydrogen-bond acceptors (Lipinski definition) is 6. The summed E-state index contributed by atoms with van der Waals surface area (Å²) in [6.07, 6.45) is 4.17. The van der Waals surface area contributed by atoms with Crippen LogP contribution in [0.2, 0.25) is 0 Å². The topological polar surface area (TPSA) is 76.9 Å². The first kappa shape index (κ1) is 24.1. The number of para-hydroxylation sites is 1. The Morgan fingerprint density at radius 2 is 1.88 bits per heavy atom. The molecule has 9 heteroatoms. The first-order valence-corrected chi connectivity index (χ1v) is 13.1. The van der Waals surface area contributed by atoms with Crippen molar-refractivity contribution in [3.8, 4) is 11.3 Å². The third-order valence-electron chi connectivity index (χ3n) is 5.28. The van der Waals surface area contributed by atoms with Crippen LogP contribution < -0.4 is 10.9 Å². The maximum absolute atomic E-state index is 13.1. The van der Waals surface area contributed by atoms with Gasteiger partial charge in [0.05, 0.1) is 22.3 Å². The molecule has 6 nitrogen and oxygen atoms in total. The number of nitrogens with zero attached hydrogens (tertiary/aromatic N) is 3. The van der Waals surface area contributed by atoms with Crippen LogP contribution in [0.3, 0.4) is 0 Å². The monoisotopic (exact) mass is 496 g/mol. The summed E-state index contributed by atoms with van der Waals surface area (Å²) in [5.74, 6) is -0.439. The lowest BCUT2D eigenvalue weighted by atomic mass is 10.2. The summed E-state index contributed by atoms with van der Waals surface area (Å²) in [6, 6.07) is 13.3. The highest BCUT2D eigenvalue weighted by atomic mass is 32.2.